The Bertz CT molecular complexity index is 965. The number of aryl methyl sites for hydroxylation is 1. The molecule has 0 unspecified atom stereocenters. The van der Waals surface area contributed by atoms with Gasteiger partial charge < -0.3 is 21.4 Å². The molecule has 30 heavy (non-hydrogen) atoms. The van der Waals surface area contributed by atoms with Gasteiger partial charge in [-0.05, 0) is 25.0 Å². The van der Waals surface area contributed by atoms with Gasteiger partial charge in [0.05, 0.1) is 18.7 Å². The van der Waals surface area contributed by atoms with Gasteiger partial charge in [0.25, 0.3) is 5.56 Å². The summed E-state index contributed by atoms with van der Waals surface area (Å²) in [6, 6.07) is 3.29. The Morgan fingerprint density at radius 2 is 2.10 bits per heavy atom. The van der Waals surface area contributed by atoms with E-state index in [9.17, 15) is 18.4 Å². The van der Waals surface area contributed by atoms with E-state index in [2.05, 4.69) is 26.1 Å². The lowest BCUT2D eigenvalue weighted by Gasteiger charge is -2.10. The summed E-state index contributed by atoms with van der Waals surface area (Å²) in [5, 5.41) is 12.3. The van der Waals surface area contributed by atoms with Crippen LogP contribution >= 0.6 is 0 Å². The van der Waals surface area contributed by atoms with Crippen molar-refractivity contribution in [3.63, 3.8) is 0 Å². The van der Waals surface area contributed by atoms with E-state index in [1.54, 1.807) is 6.92 Å². The van der Waals surface area contributed by atoms with Crippen LogP contribution in [0.3, 0.4) is 0 Å². The van der Waals surface area contributed by atoms with Crippen molar-refractivity contribution >= 4 is 17.7 Å². The molecule has 1 amide bonds. The van der Waals surface area contributed by atoms with Crippen LogP contribution in [-0.2, 0) is 22.5 Å². The maximum atomic E-state index is 13.7. The second-order valence-corrected chi connectivity index (χ2v) is 6.29. The average molecular weight is 423 g/mol. The van der Waals surface area contributed by atoms with E-state index >= 15 is 0 Å². The molecule has 0 aliphatic heterocycles. The number of halogens is 2. The average Bonchev–Trinajstić information content (AvgIpc) is 2.66. The minimum absolute atomic E-state index is 0.0000821. The number of nitrogens with zero attached hydrogens (tertiary/aromatic N) is 1. The zero-order valence-corrected chi connectivity index (χ0v) is 16.3. The molecule has 10 nitrogen and oxygen atoms in total. The second kappa shape index (κ2) is 10.9. The van der Waals surface area contributed by atoms with Crippen LogP contribution in [0.25, 0.3) is 0 Å². The molecule has 7 N–H and O–H groups in total. The number of carbonyl (C=O) groups excluding carboxylic acids is 1. The van der Waals surface area contributed by atoms with Crippen LogP contribution in [0, 0.1) is 24.0 Å². The molecule has 0 bridgehead atoms. The number of nitrogens with two attached hydrogens (primary N) is 1. The Morgan fingerprint density at radius 3 is 2.80 bits per heavy atom. The highest BCUT2D eigenvalue weighted by Crippen LogP contribution is 2.10. The standard InChI is InChI=1S/C18H23F2N7O3/c1-10-14(9-15(28)23-6-7-30-27-18(21)22)26-16(17(29)25-10)24-5-4-11-2-3-12(19)8-13(11)20/h2-3,8H,4-7,9H2,1H3,(H,23,28)(H,24,26)(H,25,29)(H4,21,22,27). The summed E-state index contributed by atoms with van der Waals surface area (Å²) >= 11 is 0. The Morgan fingerprint density at radius 1 is 1.33 bits per heavy atom. The van der Waals surface area contributed by atoms with E-state index in [0.29, 0.717) is 17.0 Å². The quantitative estimate of drug-likeness (QED) is 0.137. The fourth-order valence-electron chi connectivity index (χ4n) is 2.49. The smallest absolute Gasteiger partial charge is 0.290 e. The monoisotopic (exact) mass is 423 g/mol. The van der Waals surface area contributed by atoms with Gasteiger partial charge in [0.2, 0.25) is 11.9 Å². The lowest BCUT2D eigenvalue weighted by atomic mass is 10.1. The SMILES string of the molecule is Cc1[nH]c(=O)c(NCCc2ccc(F)cc2F)nc1CC(=O)NCCONC(=N)N. The first kappa shape index (κ1) is 22.7. The van der Waals surface area contributed by atoms with Crippen LogP contribution in [0.1, 0.15) is 17.0 Å². The van der Waals surface area contributed by atoms with Gasteiger partial charge in [0.15, 0.2) is 5.82 Å². The van der Waals surface area contributed by atoms with E-state index in [1.807, 2.05) is 0 Å². The zero-order valence-electron chi connectivity index (χ0n) is 16.3. The van der Waals surface area contributed by atoms with Crippen LogP contribution in [0.2, 0.25) is 0 Å². The van der Waals surface area contributed by atoms with Gasteiger partial charge in [-0.15, -0.1) is 0 Å². The van der Waals surface area contributed by atoms with Crippen molar-refractivity contribution in [3.05, 3.63) is 57.1 Å². The number of aromatic nitrogens is 2. The van der Waals surface area contributed by atoms with Crippen molar-refractivity contribution in [2.75, 3.05) is 25.0 Å². The summed E-state index contributed by atoms with van der Waals surface area (Å²) in [5.41, 5.74) is 7.82. The van der Waals surface area contributed by atoms with Gasteiger partial charge in [0.1, 0.15) is 11.6 Å². The molecule has 0 saturated heterocycles. The first-order valence-corrected chi connectivity index (χ1v) is 9.02. The van der Waals surface area contributed by atoms with E-state index in [-0.39, 0.29) is 50.2 Å². The summed E-state index contributed by atoms with van der Waals surface area (Å²) in [4.78, 5) is 35.7. The maximum absolute atomic E-state index is 13.7. The Kier molecular flexibility index (Phi) is 8.23. The summed E-state index contributed by atoms with van der Waals surface area (Å²) in [6.07, 6.45) is 0.134. The van der Waals surface area contributed by atoms with Crippen LogP contribution in [0.15, 0.2) is 23.0 Å². The second-order valence-electron chi connectivity index (χ2n) is 6.29. The summed E-state index contributed by atoms with van der Waals surface area (Å²) in [7, 11) is 0. The van der Waals surface area contributed by atoms with Crippen molar-refractivity contribution in [2.24, 2.45) is 5.73 Å². The highest BCUT2D eigenvalue weighted by atomic mass is 19.1. The topological polar surface area (TPSA) is 158 Å². The van der Waals surface area contributed by atoms with E-state index in [0.717, 1.165) is 12.1 Å². The minimum Gasteiger partial charge on any atom is -0.368 e. The fourth-order valence-corrected chi connectivity index (χ4v) is 2.49. The molecule has 0 spiro atoms. The van der Waals surface area contributed by atoms with Crippen LogP contribution in [0.4, 0.5) is 14.6 Å². The first-order chi connectivity index (χ1) is 14.3. The number of hydrogen-bond donors (Lipinski definition) is 6. The third-order valence-electron chi connectivity index (χ3n) is 3.93. The van der Waals surface area contributed by atoms with Gasteiger partial charge in [-0.2, -0.15) is 0 Å². The molecular weight excluding hydrogens is 400 g/mol. The summed E-state index contributed by atoms with van der Waals surface area (Å²) < 4.78 is 26.6. The first-order valence-electron chi connectivity index (χ1n) is 9.02. The molecule has 2 rings (SSSR count). The van der Waals surface area contributed by atoms with E-state index in [4.69, 9.17) is 16.0 Å². The van der Waals surface area contributed by atoms with E-state index in [1.165, 1.54) is 6.07 Å². The molecule has 0 aliphatic carbocycles. The van der Waals surface area contributed by atoms with Crippen LogP contribution in [0.5, 0.6) is 0 Å². The lowest BCUT2D eigenvalue weighted by molar-refractivity contribution is -0.120. The highest BCUT2D eigenvalue weighted by Gasteiger charge is 2.12. The van der Waals surface area contributed by atoms with Crippen molar-refractivity contribution in [1.82, 2.24) is 20.8 Å². The maximum Gasteiger partial charge on any atom is 0.290 e. The van der Waals surface area contributed by atoms with Gasteiger partial charge in [0, 0.05) is 24.8 Å². The predicted octanol–water partition coefficient (Wildman–Crippen LogP) is 0.0845. The molecule has 1 aromatic heterocycles. The molecule has 1 aromatic carbocycles. The minimum atomic E-state index is -0.664. The normalized spacial score (nSPS) is 10.5. The van der Waals surface area contributed by atoms with Crippen molar-refractivity contribution in [1.29, 1.82) is 5.41 Å². The third-order valence-corrected chi connectivity index (χ3v) is 3.93. The van der Waals surface area contributed by atoms with Gasteiger partial charge >= 0.3 is 0 Å². The van der Waals surface area contributed by atoms with Crippen LogP contribution < -0.4 is 27.4 Å². The number of rotatable bonds is 10. The molecule has 0 radical (unpaired) electrons. The van der Waals surface area contributed by atoms with Crippen molar-refractivity contribution in [3.8, 4) is 0 Å². The summed E-state index contributed by atoms with van der Waals surface area (Å²) in [5.74, 6) is -2.02. The number of nitrogens with one attached hydrogen (secondary N) is 5. The number of aromatic amines is 1. The van der Waals surface area contributed by atoms with Crippen LogP contribution in [-0.4, -0.2) is 41.5 Å². The molecule has 1 heterocycles. The lowest BCUT2D eigenvalue weighted by Crippen LogP contribution is -2.35. The largest absolute Gasteiger partial charge is 0.368 e. The number of benzene rings is 1. The Balaban J connectivity index is 1.90. The predicted molar refractivity (Wildman–Crippen MR) is 106 cm³/mol. The van der Waals surface area contributed by atoms with E-state index < -0.39 is 17.2 Å². The zero-order chi connectivity index (χ0) is 22.1. The number of hydroxylamine groups is 1. The molecule has 0 aliphatic rings. The van der Waals surface area contributed by atoms with Crippen molar-refractivity contribution < 1.29 is 18.4 Å². The molecular formula is C18H23F2N7O3. The Labute approximate surface area is 170 Å². The number of hydrogen-bond acceptors (Lipinski definition) is 6. The molecule has 162 valence electrons. The molecule has 0 saturated carbocycles. The molecule has 0 fully saturated rings. The van der Waals surface area contributed by atoms with Crippen molar-refractivity contribution in [2.45, 2.75) is 19.8 Å². The number of amides is 1. The van der Waals surface area contributed by atoms with Gasteiger partial charge in [-0.3, -0.25) is 19.8 Å². The van der Waals surface area contributed by atoms with Gasteiger partial charge in [-0.25, -0.2) is 19.2 Å². The van der Waals surface area contributed by atoms with Gasteiger partial charge in [-0.1, -0.05) is 6.07 Å². The number of guanidine groups is 1. The molecule has 12 heteroatoms. The Hall–Kier alpha value is -3.54. The third kappa shape index (κ3) is 7.13. The fraction of sp³-hybridized carbons (Fsp3) is 0.333. The molecule has 2 aromatic rings. The molecule has 0 atom stereocenters. The summed E-state index contributed by atoms with van der Waals surface area (Å²) in [6.45, 7) is 2.08. The highest BCUT2D eigenvalue weighted by molar-refractivity contribution is 5.78. The number of anilines is 1. The number of carbonyl (C=O) groups is 1. The number of H-pyrrole nitrogens is 1.